The van der Waals surface area contributed by atoms with Gasteiger partial charge in [0.15, 0.2) is 0 Å². The molecule has 0 saturated heterocycles. The fourth-order valence-corrected chi connectivity index (χ4v) is 4.45. The van der Waals surface area contributed by atoms with Crippen molar-refractivity contribution in [2.45, 2.75) is 37.2 Å². The maximum absolute atomic E-state index is 12.7. The van der Waals surface area contributed by atoms with E-state index in [1.807, 2.05) is 38.1 Å². The van der Waals surface area contributed by atoms with E-state index in [0.29, 0.717) is 18.2 Å². The fraction of sp³-hybridized carbons (Fsp3) is 0.368. The first-order valence-electron chi connectivity index (χ1n) is 8.78. The van der Waals surface area contributed by atoms with E-state index in [-0.39, 0.29) is 11.2 Å². The van der Waals surface area contributed by atoms with Crippen LogP contribution in [0.15, 0.2) is 29.3 Å². The van der Waals surface area contributed by atoms with Crippen LogP contribution < -0.4 is 10.1 Å². The highest BCUT2D eigenvalue weighted by Gasteiger charge is 2.21. The van der Waals surface area contributed by atoms with Crippen LogP contribution in [-0.4, -0.2) is 40.6 Å². The Labute approximate surface area is 171 Å². The minimum atomic E-state index is -0.297. The van der Waals surface area contributed by atoms with Crippen LogP contribution >= 0.6 is 23.1 Å². The van der Waals surface area contributed by atoms with E-state index in [4.69, 9.17) is 14.5 Å². The third kappa shape index (κ3) is 4.60. The van der Waals surface area contributed by atoms with Crippen molar-refractivity contribution >= 4 is 45.0 Å². The molecule has 0 radical (unpaired) electrons. The van der Waals surface area contributed by atoms with Gasteiger partial charge in [-0.1, -0.05) is 42.2 Å². The van der Waals surface area contributed by atoms with Crippen molar-refractivity contribution in [3.63, 3.8) is 0 Å². The number of thioether (sulfide) groups is 1. The maximum Gasteiger partial charge on any atom is 0.239 e. The summed E-state index contributed by atoms with van der Waals surface area (Å²) >= 11 is 2.74. The normalized spacial score (nSPS) is 12.1. The molecular formula is C19H22N4O3S2. The second-order valence-electron chi connectivity index (χ2n) is 6.07. The second-order valence-corrected chi connectivity index (χ2v) is 8.36. The van der Waals surface area contributed by atoms with Gasteiger partial charge in [0.2, 0.25) is 11.0 Å². The summed E-state index contributed by atoms with van der Waals surface area (Å²) in [7, 11) is 3.23. The molecule has 7 nitrogen and oxygen atoms in total. The minimum Gasteiger partial charge on any atom is -0.494 e. The van der Waals surface area contributed by atoms with Crippen LogP contribution in [0.5, 0.6) is 5.75 Å². The van der Waals surface area contributed by atoms with E-state index in [0.717, 1.165) is 32.2 Å². The number of carbonyl (C=O) groups is 1. The highest BCUT2D eigenvalue weighted by atomic mass is 32.2. The van der Waals surface area contributed by atoms with Crippen molar-refractivity contribution in [1.29, 1.82) is 0 Å². The first-order valence-corrected chi connectivity index (χ1v) is 10.5. The number of methoxy groups -OCH3 is 2. The van der Waals surface area contributed by atoms with Gasteiger partial charge < -0.3 is 9.47 Å². The number of nitrogens with zero attached hydrogens (tertiary/aromatic N) is 3. The van der Waals surface area contributed by atoms with Crippen molar-refractivity contribution in [1.82, 2.24) is 15.2 Å². The van der Waals surface area contributed by atoms with E-state index >= 15 is 0 Å². The van der Waals surface area contributed by atoms with Crippen molar-refractivity contribution < 1.29 is 14.3 Å². The number of nitrogens with one attached hydrogen (secondary N) is 1. The van der Waals surface area contributed by atoms with Crippen LogP contribution in [0.3, 0.4) is 0 Å². The van der Waals surface area contributed by atoms with Gasteiger partial charge in [-0.25, -0.2) is 4.98 Å². The third-order valence-electron chi connectivity index (χ3n) is 4.10. The number of fused-ring (bicyclic) bond motifs is 1. The summed E-state index contributed by atoms with van der Waals surface area (Å²) in [5.41, 5.74) is 1.89. The number of carbonyl (C=O) groups excluding carboxylic acids is 1. The standard InChI is InChI=1S/C19H22N4O3S2/c1-5-14(18(24)21-19-23-22-16(28-19)10-25-3)27-15-9-11(2)12-7-6-8-13(26-4)17(12)20-15/h6-9,14H,5,10H2,1-4H3,(H,21,23,24). The van der Waals surface area contributed by atoms with Crippen LogP contribution in [0.1, 0.15) is 23.9 Å². The Bertz CT molecular complexity index is 977. The zero-order valence-corrected chi connectivity index (χ0v) is 17.8. The Morgan fingerprint density at radius 1 is 1.32 bits per heavy atom. The van der Waals surface area contributed by atoms with Crippen molar-refractivity contribution in [2.75, 3.05) is 19.5 Å². The van der Waals surface area contributed by atoms with E-state index in [1.54, 1.807) is 14.2 Å². The molecule has 28 heavy (non-hydrogen) atoms. The van der Waals surface area contributed by atoms with Crippen molar-refractivity contribution in [3.05, 3.63) is 34.8 Å². The van der Waals surface area contributed by atoms with E-state index in [1.165, 1.54) is 23.1 Å². The largest absolute Gasteiger partial charge is 0.494 e. The van der Waals surface area contributed by atoms with Gasteiger partial charge in [0.1, 0.15) is 22.9 Å². The number of benzene rings is 1. The molecule has 0 aliphatic heterocycles. The summed E-state index contributed by atoms with van der Waals surface area (Å²) in [6.07, 6.45) is 0.658. The fourth-order valence-electron chi connectivity index (χ4n) is 2.73. The zero-order chi connectivity index (χ0) is 20.1. The Balaban J connectivity index is 1.78. The Morgan fingerprint density at radius 2 is 2.14 bits per heavy atom. The lowest BCUT2D eigenvalue weighted by Crippen LogP contribution is -2.24. The molecule has 1 atom stereocenters. The summed E-state index contributed by atoms with van der Waals surface area (Å²) in [4.78, 5) is 17.4. The van der Waals surface area contributed by atoms with Crippen LogP contribution in [-0.2, 0) is 16.1 Å². The quantitative estimate of drug-likeness (QED) is 0.552. The lowest BCUT2D eigenvalue weighted by molar-refractivity contribution is -0.115. The average Bonchev–Trinajstić information content (AvgIpc) is 3.12. The van der Waals surface area contributed by atoms with E-state index in [9.17, 15) is 4.79 Å². The number of aryl methyl sites for hydroxylation is 1. The molecular weight excluding hydrogens is 396 g/mol. The number of ether oxygens (including phenoxy) is 2. The van der Waals surface area contributed by atoms with Gasteiger partial charge in [0.25, 0.3) is 0 Å². The number of anilines is 1. The molecule has 0 aliphatic rings. The molecule has 1 amide bonds. The number of hydrogen-bond donors (Lipinski definition) is 1. The second kappa shape index (κ2) is 9.31. The zero-order valence-electron chi connectivity index (χ0n) is 16.2. The predicted molar refractivity (Wildman–Crippen MR) is 112 cm³/mol. The first kappa shape index (κ1) is 20.5. The molecule has 0 aliphatic carbocycles. The Kier molecular flexibility index (Phi) is 6.82. The van der Waals surface area contributed by atoms with Crippen molar-refractivity contribution in [2.24, 2.45) is 0 Å². The topological polar surface area (TPSA) is 86.2 Å². The molecule has 0 spiro atoms. The Hall–Kier alpha value is -2.23. The molecule has 0 saturated carbocycles. The summed E-state index contributed by atoms with van der Waals surface area (Å²) in [6, 6.07) is 7.86. The number of hydrogen-bond acceptors (Lipinski definition) is 8. The summed E-state index contributed by atoms with van der Waals surface area (Å²) in [5, 5.41) is 13.5. The summed E-state index contributed by atoms with van der Waals surface area (Å²) < 4.78 is 10.5. The van der Waals surface area contributed by atoms with Crippen LogP contribution in [0.25, 0.3) is 10.9 Å². The van der Waals surface area contributed by atoms with Crippen LogP contribution in [0, 0.1) is 6.92 Å². The maximum atomic E-state index is 12.7. The molecule has 3 rings (SSSR count). The lowest BCUT2D eigenvalue weighted by Gasteiger charge is -2.14. The van der Waals surface area contributed by atoms with Crippen LogP contribution in [0.2, 0.25) is 0 Å². The molecule has 2 heterocycles. The predicted octanol–water partition coefficient (Wildman–Crippen LogP) is 4.06. The molecule has 148 valence electrons. The molecule has 9 heteroatoms. The number of rotatable bonds is 8. The van der Waals surface area contributed by atoms with Crippen molar-refractivity contribution in [3.8, 4) is 5.75 Å². The van der Waals surface area contributed by atoms with Gasteiger partial charge in [-0.2, -0.15) is 0 Å². The first-order chi connectivity index (χ1) is 13.5. The number of para-hydroxylation sites is 1. The lowest BCUT2D eigenvalue weighted by atomic mass is 10.1. The highest BCUT2D eigenvalue weighted by Crippen LogP contribution is 2.32. The van der Waals surface area contributed by atoms with Gasteiger partial charge in [0, 0.05) is 12.5 Å². The Morgan fingerprint density at radius 3 is 2.86 bits per heavy atom. The molecule has 1 aromatic carbocycles. The molecule has 3 aromatic rings. The third-order valence-corrected chi connectivity index (χ3v) is 6.19. The monoisotopic (exact) mass is 418 g/mol. The average molecular weight is 419 g/mol. The smallest absolute Gasteiger partial charge is 0.239 e. The summed E-state index contributed by atoms with van der Waals surface area (Å²) in [6.45, 7) is 4.39. The summed E-state index contributed by atoms with van der Waals surface area (Å²) in [5.74, 6) is 0.604. The minimum absolute atomic E-state index is 0.118. The SMILES string of the molecule is CCC(Sc1cc(C)c2cccc(OC)c2n1)C(=O)Nc1nnc(COC)s1. The van der Waals surface area contributed by atoms with Gasteiger partial charge in [-0.05, 0) is 31.0 Å². The molecule has 0 fully saturated rings. The van der Waals surface area contributed by atoms with Gasteiger partial charge >= 0.3 is 0 Å². The van der Waals surface area contributed by atoms with Gasteiger partial charge in [-0.15, -0.1) is 10.2 Å². The number of pyridine rings is 1. The van der Waals surface area contributed by atoms with E-state index in [2.05, 4.69) is 15.5 Å². The molecule has 2 aromatic heterocycles. The van der Waals surface area contributed by atoms with E-state index < -0.39 is 0 Å². The molecule has 0 bridgehead atoms. The van der Waals surface area contributed by atoms with Gasteiger partial charge in [0.05, 0.1) is 17.4 Å². The molecule has 1 N–H and O–H groups in total. The van der Waals surface area contributed by atoms with Crippen LogP contribution in [0.4, 0.5) is 5.13 Å². The highest BCUT2D eigenvalue weighted by molar-refractivity contribution is 8.00. The number of amides is 1. The molecule has 1 unspecified atom stereocenters. The number of aromatic nitrogens is 3. The van der Waals surface area contributed by atoms with Gasteiger partial charge in [-0.3, -0.25) is 10.1 Å².